The fourth-order valence-electron chi connectivity index (χ4n) is 3.34. The zero-order chi connectivity index (χ0) is 20.6. The number of sulfonamides is 1. The molecule has 0 amide bonds. The summed E-state index contributed by atoms with van der Waals surface area (Å²) in [5, 5.41) is 0. The van der Waals surface area contributed by atoms with Crippen molar-refractivity contribution in [1.82, 2.24) is 9.36 Å². The van der Waals surface area contributed by atoms with Crippen LogP contribution in [0.3, 0.4) is 0 Å². The minimum absolute atomic E-state index is 0.00919. The van der Waals surface area contributed by atoms with Gasteiger partial charge in [0.05, 0.1) is 16.3 Å². The molecule has 0 aliphatic heterocycles. The molecular weight excluding hydrogens is 381 g/mol. The SMILES string of the molecule is Cc1cc(F)ccc1S(=O)(=O)Nc1c(C(C)C)n(C)n(-c2ccccc2)c1=O. The summed E-state index contributed by atoms with van der Waals surface area (Å²) in [5.74, 6) is -0.639. The first-order chi connectivity index (χ1) is 13.1. The molecule has 8 heteroatoms. The number of hydrogen-bond donors (Lipinski definition) is 1. The second-order valence-electron chi connectivity index (χ2n) is 6.91. The van der Waals surface area contributed by atoms with Crippen molar-refractivity contribution < 1.29 is 12.8 Å². The minimum Gasteiger partial charge on any atom is -0.283 e. The number of rotatable bonds is 5. The molecule has 1 aromatic heterocycles. The molecule has 0 spiro atoms. The van der Waals surface area contributed by atoms with E-state index in [0.717, 1.165) is 12.1 Å². The fourth-order valence-corrected chi connectivity index (χ4v) is 4.64. The Morgan fingerprint density at radius 2 is 1.71 bits per heavy atom. The van der Waals surface area contributed by atoms with Gasteiger partial charge in [-0.1, -0.05) is 32.0 Å². The van der Waals surface area contributed by atoms with Crippen LogP contribution < -0.4 is 10.3 Å². The molecule has 0 fully saturated rings. The van der Waals surface area contributed by atoms with E-state index >= 15 is 0 Å². The summed E-state index contributed by atoms with van der Waals surface area (Å²) in [5.41, 5.74) is 0.959. The Morgan fingerprint density at radius 3 is 2.29 bits per heavy atom. The van der Waals surface area contributed by atoms with Gasteiger partial charge in [-0.2, -0.15) is 0 Å². The Bertz CT molecular complexity index is 1180. The standard InChI is InChI=1S/C20H22FN3O3S/c1-13(2)19-18(20(25)24(23(19)4)16-8-6-5-7-9-16)22-28(26,27)17-11-10-15(21)12-14(17)3/h5-13,22H,1-4H3. The fraction of sp³-hybridized carbons (Fsp3) is 0.250. The van der Waals surface area contributed by atoms with E-state index in [1.807, 2.05) is 19.9 Å². The first-order valence-corrected chi connectivity index (χ1v) is 10.3. The third-order valence-corrected chi connectivity index (χ3v) is 6.03. The number of para-hydroxylation sites is 1. The maximum Gasteiger partial charge on any atom is 0.296 e. The molecule has 2 aromatic carbocycles. The van der Waals surface area contributed by atoms with Crippen LogP contribution in [0.4, 0.5) is 10.1 Å². The predicted octanol–water partition coefficient (Wildman–Crippen LogP) is 3.55. The maximum atomic E-state index is 13.4. The molecule has 0 bridgehead atoms. The number of aromatic nitrogens is 2. The molecule has 0 atom stereocenters. The van der Waals surface area contributed by atoms with Gasteiger partial charge in [0.1, 0.15) is 11.5 Å². The van der Waals surface area contributed by atoms with Crippen LogP contribution in [-0.2, 0) is 17.1 Å². The quantitative estimate of drug-likeness (QED) is 0.708. The van der Waals surface area contributed by atoms with Crippen LogP contribution in [0, 0.1) is 12.7 Å². The van der Waals surface area contributed by atoms with Gasteiger partial charge in [0.2, 0.25) is 0 Å². The first kappa shape index (κ1) is 19.9. The van der Waals surface area contributed by atoms with Crippen molar-refractivity contribution in [1.29, 1.82) is 0 Å². The minimum atomic E-state index is -4.07. The lowest BCUT2D eigenvalue weighted by Crippen LogP contribution is -2.23. The van der Waals surface area contributed by atoms with E-state index in [0.29, 0.717) is 11.4 Å². The van der Waals surface area contributed by atoms with Gasteiger partial charge in [0.15, 0.2) is 0 Å². The van der Waals surface area contributed by atoms with Crippen LogP contribution in [0.25, 0.3) is 5.69 Å². The van der Waals surface area contributed by atoms with Gasteiger partial charge in [0.25, 0.3) is 15.6 Å². The summed E-state index contributed by atoms with van der Waals surface area (Å²) < 4.78 is 44.7. The number of benzene rings is 2. The number of halogens is 1. The molecule has 3 rings (SSSR count). The molecule has 0 saturated heterocycles. The Labute approximate surface area is 163 Å². The van der Waals surface area contributed by atoms with Crippen molar-refractivity contribution >= 4 is 15.7 Å². The number of anilines is 1. The maximum absolute atomic E-state index is 13.4. The van der Waals surface area contributed by atoms with Gasteiger partial charge in [0, 0.05) is 7.05 Å². The van der Waals surface area contributed by atoms with Crippen molar-refractivity contribution in [3.8, 4) is 5.69 Å². The van der Waals surface area contributed by atoms with Gasteiger partial charge < -0.3 is 0 Å². The molecule has 0 radical (unpaired) electrons. The van der Waals surface area contributed by atoms with Crippen LogP contribution in [-0.4, -0.2) is 17.8 Å². The highest BCUT2D eigenvalue weighted by Crippen LogP contribution is 2.26. The molecule has 1 heterocycles. The van der Waals surface area contributed by atoms with Crippen LogP contribution >= 0.6 is 0 Å². The summed E-state index contributed by atoms with van der Waals surface area (Å²) in [4.78, 5) is 13.0. The lowest BCUT2D eigenvalue weighted by atomic mass is 10.1. The van der Waals surface area contributed by atoms with Crippen molar-refractivity contribution in [2.45, 2.75) is 31.6 Å². The highest BCUT2D eigenvalue weighted by Gasteiger charge is 2.26. The lowest BCUT2D eigenvalue weighted by Gasteiger charge is -2.14. The number of nitrogens with one attached hydrogen (secondary N) is 1. The molecule has 3 aromatic rings. The van der Waals surface area contributed by atoms with Gasteiger partial charge in [-0.25, -0.2) is 17.5 Å². The topological polar surface area (TPSA) is 73.1 Å². The third kappa shape index (κ3) is 3.47. The summed E-state index contributed by atoms with van der Waals surface area (Å²) >= 11 is 0. The van der Waals surface area contributed by atoms with Crippen LogP contribution in [0.2, 0.25) is 0 Å². The monoisotopic (exact) mass is 403 g/mol. The summed E-state index contributed by atoms with van der Waals surface area (Å²) in [7, 11) is -2.36. The Kier molecular flexibility index (Phi) is 5.16. The van der Waals surface area contributed by atoms with Crippen molar-refractivity contribution in [3.05, 3.63) is 76.0 Å². The summed E-state index contributed by atoms with van der Waals surface area (Å²) in [6, 6.07) is 12.4. The van der Waals surface area contributed by atoms with E-state index in [1.165, 1.54) is 17.7 Å². The highest BCUT2D eigenvalue weighted by molar-refractivity contribution is 7.92. The second-order valence-corrected chi connectivity index (χ2v) is 8.56. The summed E-state index contributed by atoms with van der Waals surface area (Å²) in [6.45, 7) is 5.27. The zero-order valence-electron chi connectivity index (χ0n) is 16.1. The van der Waals surface area contributed by atoms with E-state index in [-0.39, 0.29) is 22.1 Å². The van der Waals surface area contributed by atoms with Crippen molar-refractivity contribution in [2.24, 2.45) is 7.05 Å². The first-order valence-electron chi connectivity index (χ1n) is 8.79. The van der Waals surface area contributed by atoms with E-state index in [4.69, 9.17) is 0 Å². The average molecular weight is 403 g/mol. The smallest absolute Gasteiger partial charge is 0.283 e. The van der Waals surface area contributed by atoms with E-state index < -0.39 is 21.4 Å². The van der Waals surface area contributed by atoms with Crippen LogP contribution in [0.5, 0.6) is 0 Å². The molecule has 6 nitrogen and oxygen atoms in total. The van der Waals surface area contributed by atoms with Crippen molar-refractivity contribution in [2.75, 3.05) is 4.72 Å². The lowest BCUT2D eigenvalue weighted by molar-refractivity contribution is 0.594. The number of nitrogens with zero attached hydrogens (tertiary/aromatic N) is 2. The van der Waals surface area contributed by atoms with E-state index in [9.17, 15) is 17.6 Å². The van der Waals surface area contributed by atoms with Gasteiger partial charge in [-0.3, -0.25) is 14.2 Å². The molecule has 1 N–H and O–H groups in total. The van der Waals surface area contributed by atoms with Crippen LogP contribution in [0.15, 0.2) is 58.2 Å². The summed E-state index contributed by atoms with van der Waals surface area (Å²) in [6.07, 6.45) is 0. The molecule has 0 saturated carbocycles. The van der Waals surface area contributed by atoms with E-state index in [2.05, 4.69) is 4.72 Å². The Hall–Kier alpha value is -2.87. The largest absolute Gasteiger partial charge is 0.296 e. The Morgan fingerprint density at radius 1 is 1.07 bits per heavy atom. The molecular formula is C20H22FN3O3S. The number of hydrogen-bond acceptors (Lipinski definition) is 3. The van der Waals surface area contributed by atoms with Crippen LogP contribution in [0.1, 0.15) is 31.0 Å². The van der Waals surface area contributed by atoms with Gasteiger partial charge in [-0.15, -0.1) is 0 Å². The zero-order valence-corrected chi connectivity index (χ0v) is 16.9. The average Bonchev–Trinajstić information content (AvgIpc) is 2.85. The second kappa shape index (κ2) is 7.27. The molecule has 0 aliphatic rings. The molecule has 148 valence electrons. The van der Waals surface area contributed by atoms with Crippen molar-refractivity contribution in [3.63, 3.8) is 0 Å². The molecule has 0 unspecified atom stereocenters. The normalized spacial score (nSPS) is 11.8. The predicted molar refractivity (Wildman–Crippen MR) is 107 cm³/mol. The van der Waals surface area contributed by atoms with Gasteiger partial charge in [-0.05, 0) is 48.7 Å². The Balaban J connectivity index is 2.18. The molecule has 0 aliphatic carbocycles. The van der Waals surface area contributed by atoms with E-state index in [1.54, 1.807) is 36.0 Å². The highest BCUT2D eigenvalue weighted by atomic mass is 32.2. The van der Waals surface area contributed by atoms with Gasteiger partial charge >= 0.3 is 0 Å². The number of aryl methyl sites for hydroxylation is 1. The third-order valence-electron chi connectivity index (χ3n) is 4.52. The molecule has 28 heavy (non-hydrogen) atoms.